The molecular formula is C5H14ClNO. The van der Waals surface area contributed by atoms with Gasteiger partial charge in [-0.2, -0.15) is 0 Å². The largest absolute Gasteiger partial charge is 0.395 e. The van der Waals surface area contributed by atoms with Crippen LogP contribution in [0.1, 0.15) is 19.8 Å². The van der Waals surface area contributed by atoms with E-state index < -0.39 is 0 Å². The van der Waals surface area contributed by atoms with Crippen LogP contribution >= 0.6 is 12.4 Å². The van der Waals surface area contributed by atoms with Crippen molar-refractivity contribution in [3.05, 3.63) is 0 Å². The summed E-state index contributed by atoms with van der Waals surface area (Å²) in [4.78, 5) is 0. The van der Waals surface area contributed by atoms with Gasteiger partial charge in [0.05, 0.1) is 6.61 Å². The van der Waals surface area contributed by atoms with Crippen LogP contribution in [0.15, 0.2) is 0 Å². The molecule has 1 atom stereocenters. The molecule has 0 aromatic rings. The molecule has 0 rings (SSSR count). The molecule has 0 aliphatic rings. The third-order valence-electron chi connectivity index (χ3n) is 0.894. The van der Waals surface area contributed by atoms with Gasteiger partial charge in [-0.3, -0.25) is 0 Å². The number of aliphatic hydroxyl groups excluding tert-OH is 1. The minimum absolute atomic E-state index is 0. The third-order valence-corrected chi connectivity index (χ3v) is 0.894. The molecule has 0 amide bonds. The van der Waals surface area contributed by atoms with Crippen molar-refractivity contribution in [2.45, 2.75) is 25.8 Å². The van der Waals surface area contributed by atoms with Crippen LogP contribution in [0.25, 0.3) is 0 Å². The first-order chi connectivity index (χ1) is 3.31. The van der Waals surface area contributed by atoms with Crippen molar-refractivity contribution in [3.8, 4) is 0 Å². The van der Waals surface area contributed by atoms with Crippen LogP contribution in [0.2, 0.25) is 0 Å². The molecule has 0 aliphatic carbocycles. The number of aliphatic hydroxyl groups is 1. The Labute approximate surface area is 56.5 Å². The topological polar surface area (TPSA) is 46.2 Å². The molecular weight excluding hydrogens is 126 g/mol. The average Bonchev–Trinajstić information content (AvgIpc) is 1.68. The molecule has 52 valence electrons. The number of hydrogen-bond donors (Lipinski definition) is 2. The molecule has 0 fully saturated rings. The zero-order chi connectivity index (χ0) is 5.70. The van der Waals surface area contributed by atoms with Gasteiger partial charge in [0.1, 0.15) is 0 Å². The lowest BCUT2D eigenvalue weighted by Crippen LogP contribution is -2.23. The number of halogens is 1. The predicted molar refractivity (Wildman–Crippen MR) is 37.2 cm³/mol. The Balaban J connectivity index is 0. The number of rotatable bonds is 3. The molecule has 0 unspecified atom stereocenters. The first-order valence-electron chi connectivity index (χ1n) is 2.67. The summed E-state index contributed by atoms with van der Waals surface area (Å²) in [6.45, 7) is 2.17. The average molecular weight is 140 g/mol. The van der Waals surface area contributed by atoms with Gasteiger partial charge in [-0.15, -0.1) is 12.4 Å². The predicted octanol–water partition coefficient (Wildman–Crippen LogP) is 0.528. The van der Waals surface area contributed by atoms with Gasteiger partial charge in [-0.05, 0) is 6.42 Å². The van der Waals surface area contributed by atoms with Crippen molar-refractivity contribution in [3.63, 3.8) is 0 Å². The molecule has 3 heteroatoms. The lowest BCUT2D eigenvalue weighted by Gasteiger charge is -2.02. The summed E-state index contributed by atoms with van der Waals surface area (Å²) in [6.07, 6.45) is 1.98. The van der Waals surface area contributed by atoms with Crippen LogP contribution in [0.5, 0.6) is 0 Å². The molecule has 0 aromatic carbocycles. The second-order valence-corrected chi connectivity index (χ2v) is 1.73. The molecule has 0 spiro atoms. The molecule has 0 aliphatic heterocycles. The quantitative estimate of drug-likeness (QED) is 0.599. The van der Waals surface area contributed by atoms with Crippen LogP contribution in [-0.4, -0.2) is 17.8 Å². The molecule has 0 bridgehead atoms. The lowest BCUT2D eigenvalue weighted by molar-refractivity contribution is 0.259. The van der Waals surface area contributed by atoms with E-state index in [0.717, 1.165) is 12.8 Å². The number of hydrogen-bond acceptors (Lipinski definition) is 2. The summed E-state index contributed by atoms with van der Waals surface area (Å²) >= 11 is 0. The Morgan fingerprint density at radius 1 is 1.62 bits per heavy atom. The van der Waals surface area contributed by atoms with Crippen LogP contribution < -0.4 is 5.73 Å². The summed E-state index contributed by atoms with van der Waals surface area (Å²) in [5.41, 5.74) is 5.33. The van der Waals surface area contributed by atoms with Crippen molar-refractivity contribution in [1.29, 1.82) is 0 Å². The van der Waals surface area contributed by atoms with Crippen LogP contribution in [0.3, 0.4) is 0 Å². The minimum Gasteiger partial charge on any atom is -0.395 e. The molecule has 0 radical (unpaired) electrons. The normalized spacial score (nSPS) is 12.4. The van der Waals surface area contributed by atoms with Gasteiger partial charge in [-0.1, -0.05) is 13.3 Å². The third kappa shape index (κ3) is 6.21. The van der Waals surface area contributed by atoms with Gasteiger partial charge in [0, 0.05) is 6.04 Å². The van der Waals surface area contributed by atoms with Crippen molar-refractivity contribution in [1.82, 2.24) is 0 Å². The second-order valence-electron chi connectivity index (χ2n) is 1.73. The van der Waals surface area contributed by atoms with E-state index in [0.29, 0.717) is 0 Å². The summed E-state index contributed by atoms with van der Waals surface area (Å²) in [6, 6.07) is 0.00463. The van der Waals surface area contributed by atoms with E-state index in [1.165, 1.54) is 0 Å². The Kier molecular flexibility index (Phi) is 9.97. The molecule has 0 heterocycles. The van der Waals surface area contributed by atoms with Gasteiger partial charge in [-0.25, -0.2) is 0 Å². The maximum absolute atomic E-state index is 8.34. The van der Waals surface area contributed by atoms with E-state index >= 15 is 0 Å². The van der Waals surface area contributed by atoms with E-state index in [9.17, 15) is 0 Å². The van der Waals surface area contributed by atoms with Gasteiger partial charge >= 0.3 is 0 Å². The van der Waals surface area contributed by atoms with E-state index in [1.807, 2.05) is 0 Å². The molecule has 0 aromatic heterocycles. The highest BCUT2D eigenvalue weighted by atomic mass is 35.5. The van der Waals surface area contributed by atoms with E-state index in [1.54, 1.807) is 0 Å². The standard InChI is InChI=1S/C5H13NO.ClH/c1-2-3-5(6)4-7;/h5,7H,2-4,6H2,1H3;1H/t5-;/m0./s1. The van der Waals surface area contributed by atoms with Gasteiger partial charge in [0.25, 0.3) is 0 Å². The first kappa shape index (κ1) is 11.1. The van der Waals surface area contributed by atoms with Crippen molar-refractivity contribution in [2.75, 3.05) is 6.61 Å². The monoisotopic (exact) mass is 139 g/mol. The van der Waals surface area contributed by atoms with Gasteiger partial charge in [0.15, 0.2) is 0 Å². The fourth-order valence-corrected chi connectivity index (χ4v) is 0.462. The summed E-state index contributed by atoms with van der Waals surface area (Å²) in [7, 11) is 0. The van der Waals surface area contributed by atoms with Crippen LogP contribution in [0.4, 0.5) is 0 Å². The zero-order valence-electron chi connectivity index (χ0n) is 5.13. The molecule has 0 saturated carbocycles. The Bertz CT molecular complexity index is 43.4. The van der Waals surface area contributed by atoms with E-state index in [4.69, 9.17) is 10.8 Å². The highest BCUT2D eigenvalue weighted by Crippen LogP contribution is 1.89. The minimum atomic E-state index is 0. The van der Waals surface area contributed by atoms with Crippen molar-refractivity contribution < 1.29 is 5.11 Å². The fourth-order valence-electron chi connectivity index (χ4n) is 0.462. The summed E-state index contributed by atoms with van der Waals surface area (Å²) in [5.74, 6) is 0. The first-order valence-corrected chi connectivity index (χ1v) is 2.67. The number of nitrogens with two attached hydrogens (primary N) is 1. The Morgan fingerprint density at radius 2 is 2.12 bits per heavy atom. The zero-order valence-corrected chi connectivity index (χ0v) is 5.95. The highest BCUT2D eigenvalue weighted by molar-refractivity contribution is 5.85. The van der Waals surface area contributed by atoms with Crippen LogP contribution in [0, 0.1) is 0 Å². The summed E-state index contributed by atoms with van der Waals surface area (Å²) in [5, 5.41) is 8.34. The maximum Gasteiger partial charge on any atom is 0.0582 e. The van der Waals surface area contributed by atoms with E-state index in [2.05, 4.69) is 6.92 Å². The molecule has 3 N–H and O–H groups in total. The Hall–Kier alpha value is 0.210. The highest BCUT2D eigenvalue weighted by Gasteiger charge is 1.94. The molecule has 0 saturated heterocycles. The fraction of sp³-hybridized carbons (Fsp3) is 1.00. The lowest BCUT2D eigenvalue weighted by atomic mass is 10.2. The maximum atomic E-state index is 8.34. The van der Waals surface area contributed by atoms with Crippen molar-refractivity contribution in [2.24, 2.45) is 5.73 Å². The molecule has 8 heavy (non-hydrogen) atoms. The van der Waals surface area contributed by atoms with Crippen LogP contribution in [-0.2, 0) is 0 Å². The second kappa shape index (κ2) is 7.21. The van der Waals surface area contributed by atoms with Crippen molar-refractivity contribution >= 4 is 12.4 Å². The van der Waals surface area contributed by atoms with E-state index in [-0.39, 0.29) is 25.1 Å². The molecule has 2 nitrogen and oxygen atoms in total. The SMILES string of the molecule is CCC[C@H](N)CO.Cl. The van der Waals surface area contributed by atoms with Gasteiger partial charge in [0.2, 0.25) is 0 Å². The van der Waals surface area contributed by atoms with Gasteiger partial charge < -0.3 is 10.8 Å². The smallest absolute Gasteiger partial charge is 0.0582 e. The summed E-state index contributed by atoms with van der Waals surface area (Å²) < 4.78 is 0. The Morgan fingerprint density at radius 3 is 2.25 bits per heavy atom.